The Morgan fingerprint density at radius 1 is 1.17 bits per heavy atom. The van der Waals surface area contributed by atoms with Crippen LogP contribution in [0.2, 0.25) is 0 Å². The lowest BCUT2D eigenvalue weighted by Crippen LogP contribution is -2.12. The summed E-state index contributed by atoms with van der Waals surface area (Å²) in [6, 6.07) is 5.99. The SMILES string of the molecule is Cl.NCCC[C@@H](N)c1ccc(SC(F)(F)F)cc1. The van der Waals surface area contributed by atoms with Gasteiger partial charge in [0.15, 0.2) is 0 Å². The molecule has 1 atom stereocenters. The molecule has 1 aromatic rings. The van der Waals surface area contributed by atoms with Crippen LogP contribution < -0.4 is 11.5 Å². The van der Waals surface area contributed by atoms with Gasteiger partial charge in [-0.1, -0.05) is 12.1 Å². The molecule has 0 amide bonds. The third kappa shape index (κ3) is 6.49. The van der Waals surface area contributed by atoms with Gasteiger partial charge in [0.05, 0.1) is 0 Å². The highest BCUT2D eigenvalue weighted by molar-refractivity contribution is 8.00. The predicted octanol–water partition coefficient (Wildman–Crippen LogP) is 3.46. The number of hydrogen-bond donors (Lipinski definition) is 2. The Balaban J connectivity index is 0.00000289. The van der Waals surface area contributed by atoms with Gasteiger partial charge in [0.2, 0.25) is 0 Å². The van der Waals surface area contributed by atoms with E-state index in [1.54, 1.807) is 12.1 Å². The highest BCUT2D eigenvalue weighted by Gasteiger charge is 2.29. The molecular formula is C11H16ClF3N2S. The van der Waals surface area contributed by atoms with Crippen molar-refractivity contribution < 1.29 is 13.2 Å². The largest absolute Gasteiger partial charge is 0.446 e. The monoisotopic (exact) mass is 300 g/mol. The minimum absolute atomic E-state index is 0. The fourth-order valence-corrected chi connectivity index (χ4v) is 1.96. The average molecular weight is 301 g/mol. The molecule has 2 nitrogen and oxygen atoms in total. The van der Waals surface area contributed by atoms with Gasteiger partial charge in [-0.25, -0.2) is 0 Å². The van der Waals surface area contributed by atoms with Crippen molar-refractivity contribution in [1.82, 2.24) is 0 Å². The summed E-state index contributed by atoms with van der Waals surface area (Å²) < 4.78 is 36.3. The molecule has 0 aromatic heterocycles. The molecule has 0 aliphatic carbocycles. The molecule has 7 heteroatoms. The Morgan fingerprint density at radius 2 is 1.72 bits per heavy atom. The lowest BCUT2D eigenvalue weighted by molar-refractivity contribution is -0.0328. The zero-order valence-corrected chi connectivity index (χ0v) is 11.2. The third-order valence-electron chi connectivity index (χ3n) is 2.26. The van der Waals surface area contributed by atoms with Crippen LogP contribution in [0.5, 0.6) is 0 Å². The third-order valence-corrected chi connectivity index (χ3v) is 3.00. The van der Waals surface area contributed by atoms with E-state index < -0.39 is 5.51 Å². The summed E-state index contributed by atoms with van der Waals surface area (Å²) in [7, 11) is 0. The second kappa shape index (κ2) is 7.89. The molecule has 0 radical (unpaired) electrons. The van der Waals surface area contributed by atoms with Crippen LogP contribution in [0, 0.1) is 0 Å². The van der Waals surface area contributed by atoms with Crippen molar-refractivity contribution in [1.29, 1.82) is 0 Å². The van der Waals surface area contributed by atoms with E-state index in [1.165, 1.54) is 12.1 Å². The lowest BCUT2D eigenvalue weighted by Gasteiger charge is -2.12. The van der Waals surface area contributed by atoms with Crippen molar-refractivity contribution in [3.8, 4) is 0 Å². The van der Waals surface area contributed by atoms with Crippen molar-refractivity contribution in [3.63, 3.8) is 0 Å². The summed E-state index contributed by atoms with van der Waals surface area (Å²) in [5, 5.41) is 0. The smallest absolute Gasteiger partial charge is 0.330 e. The van der Waals surface area contributed by atoms with Gasteiger partial charge in [0.25, 0.3) is 0 Å². The first kappa shape index (κ1) is 17.6. The van der Waals surface area contributed by atoms with Crippen molar-refractivity contribution in [3.05, 3.63) is 29.8 Å². The maximum atomic E-state index is 12.1. The summed E-state index contributed by atoms with van der Waals surface area (Å²) in [6.07, 6.45) is 1.54. The molecule has 0 spiro atoms. The normalized spacial score (nSPS) is 12.9. The Kier molecular flexibility index (Phi) is 7.70. The number of rotatable bonds is 5. The van der Waals surface area contributed by atoms with Crippen molar-refractivity contribution in [2.24, 2.45) is 11.5 Å². The first-order valence-corrected chi connectivity index (χ1v) is 6.05. The van der Waals surface area contributed by atoms with Crippen LogP contribution in [-0.4, -0.2) is 12.1 Å². The van der Waals surface area contributed by atoms with Crippen LogP contribution in [0.3, 0.4) is 0 Å². The number of nitrogens with two attached hydrogens (primary N) is 2. The quantitative estimate of drug-likeness (QED) is 0.819. The molecule has 0 aliphatic heterocycles. The van der Waals surface area contributed by atoms with Gasteiger partial charge in [-0.2, -0.15) is 13.2 Å². The summed E-state index contributed by atoms with van der Waals surface area (Å²) in [4.78, 5) is 0.173. The van der Waals surface area contributed by atoms with E-state index in [0.29, 0.717) is 6.54 Å². The summed E-state index contributed by atoms with van der Waals surface area (Å²) in [5.74, 6) is 0. The van der Waals surface area contributed by atoms with Gasteiger partial charge in [0, 0.05) is 10.9 Å². The zero-order valence-electron chi connectivity index (χ0n) is 9.61. The van der Waals surface area contributed by atoms with E-state index in [2.05, 4.69) is 0 Å². The lowest BCUT2D eigenvalue weighted by atomic mass is 10.0. The van der Waals surface area contributed by atoms with Crippen LogP contribution >= 0.6 is 24.2 Å². The van der Waals surface area contributed by atoms with Gasteiger partial charge in [-0.15, -0.1) is 12.4 Å². The molecule has 18 heavy (non-hydrogen) atoms. The van der Waals surface area contributed by atoms with Gasteiger partial charge < -0.3 is 11.5 Å². The molecule has 0 saturated carbocycles. The molecule has 0 unspecified atom stereocenters. The Morgan fingerprint density at radius 3 is 2.17 bits per heavy atom. The van der Waals surface area contributed by atoms with Crippen LogP contribution in [0.1, 0.15) is 24.4 Å². The number of halogens is 4. The van der Waals surface area contributed by atoms with E-state index in [9.17, 15) is 13.2 Å². The molecule has 1 rings (SSSR count). The predicted molar refractivity (Wildman–Crippen MR) is 70.8 cm³/mol. The molecule has 0 aliphatic rings. The van der Waals surface area contributed by atoms with Gasteiger partial charge in [-0.05, 0) is 48.8 Å². The topological polar surface area (TPSA) is 52.0 Å². The van der Waals surface area contributed by atoms with E-state index in [0.717, 1.165) is 18.4 Å². The average Bonchev–Trinajstić information content (AvgIpc) is 2.24. The van der Waals surface area contributed by atoms with Crippen molar-refractivity contribution >= 4 is 24.2 Å². The van der Waals surface area contributed by atoms with Crippen LogP contribution in [0.25, 0.3) is 0 Å². The second-order valence-corrected chi connectivity index (χ2v) is 4.79. The van der Waals surface area contributed by atoms with Gasteiger partial charge in [0.1, 0.15) is 0 Å². The maximum Gasteiger partial charge on any atom is 0.446 e. The van der Waals surface area contributed by atoms with E-state index in [-0.39, 0.29) is 35.1 Å². The molecule has 1 aromatic carbocycles. The fourth-order valence-electron chi connectivity index (χ4n) is 1.42. The molecule has 0 saturated heterocycles. The van der Waals surface area contributed by atoms with E-state index in [4.69, 9.17) is 11.5 Å². The molecule has 0 heterocycles. The van der Waals surface area contributed by atoms with Gasteiger partial charge in [-0.3, -0.25) is 0 Å². The molecule has 0 fully saturated rings. The first-order valence-electron chi connectivity index (χ1n) is 5.24. The van der Waals surface area contributed by atoms with E-state index in [1.807, 2.05) is 0 Å². The maximum absolute atomic E-state index is 12.1. The van der Waals surface area contributed by atoms with Crippen LogP contribution in [0.4, 0.5) is 13.2 Å². The molecule has 104 valence electrons. The van der Waals surface area contributed by atoms with Crippen LogP contribution in [0.15, 0.2) is 29.2 Å². The number of hydrogen-bond acceptors (Lipinski definition) is 3. The van der Waals surface area contributed by atoms with Crippen molar-refractivity contribution in [2.75, 3.05) is 6.54 Å². The summed E-state index contributed by atoms with van der Waals surface area (Å²) >= 11 is -0.122. The summed E-state index contributed by atoms with van der Waals surface area (Å²) in [6.45, 7) is 0.565. The molecular weight excluding hydrogens is 285 g/mol. The van der Waals surface area contributed by atoms with Crippen LogP contribution in [-0.2, 0) is 0 Å². The molecule has 4 N–H and O–H groups in total. The molecule has 0 bridgehead atoms. The number of thioether (sulfide) groups is 1. The van der Waals surface area contributed by atoms with Crippen molar-refractivity contribution in [2.45, 2.75) is 29.3 Å². The zero-order chi connectivity index (χ0) is 12.9. The Labute approximate surface area is 115 Å². The highest BCUT2D eigenvalue weighted by atomic mass is 35.5. The van der Waals surface area contributed by atoms with E-state index >= 15 is 0 Å². The Bertz CT molecular complexity index is 343. The van der Waals surface area contributed by atoms with Gasteiger partial charge >= 0.3 is 5.51 Å². The standard InChI is InChI=1S/C11H15F3N2S.ClH/c12-11(13,14)17-9-5-3-8(4-6-9)10(16)2-1-7-15;/h3-6,10H,1-2,7,15-16H2;1H/t10-;/m1./s1. The minimum Gasteiger partial charge on any atom is -0.330 e. The minimum atomic E-state index is -4.25. The highest BCUT2D eigenvalue weighted by Crippen LogP contribution is 2.37. The number of benzene rings is 1. The summed E-state index contributed by atoms with van der Waals surface area (Å²) in [5.41, 5.74) is 7.83. The fraction of sp³-hybridized carbons (Fsp3) is 0.455. The first-order chi connectivity index (χ1) is 7.92. The Hall–Kier alpha value is -0.430. The second-order valence-electron chi connectivity index (χ2n) is 3.65. The number of alkyl halides is 3.